The van der Waals surface area contributed by atoms with Crippen molar-refractivity contribution in [2.45, 2.75) is 17.7 Å². The summed E-state index contributed by atoms with van der Waals surface area (Å²) in [6, 6.07) is 20.9. The fourth-order valence-electron chi connectivity index (χ4n) is 4.09. The lowest BCUT2D eigenvalue weighted by Gasteiger charge is -2.30. The number of hydrogen-bond acceptors (Lipinski definition) is 5. The fraction of sp³-hybridized carbons (Fsp3) is 0.200. The second-order valence-corrected chi connectivity index (χ2v) is 11.1. The molecule has 3 aromatic carbocycles. The van der Waals surface area contributed by atoms with Gasteiger partial charge in [-0.25, -0.2) is 17.8 Å². The SMILES string of the molecule is O=C(Nc1ccc(-c2nc3ccccc3s2)cc1)C1CCN(S(=O)(=O)c2ccccc2F)CC1. The molecule has 0 radical (unpaired) electrons. The molecule has 0 unspecified atom stereocenters. The van der Waals surface area contributed by atoms with Crippen molar-refractivity contribution in [3.63, 3.8) is 0 Å². The summed E-state index contributed by atoms with van der Waals surface area (Å²) in [5, 5.41) is 3.85. The standard InChI is InChI=1S/C25H22FN3O3S2/c26-20-5-1-4-8-23(20)34(31,32)29-15-13-17(14-16-29)24(30)27-19-11-9-18(10-12-19)25-28-21-6-2-3-7-22(21)33-25/h1-12,17H,13-16H2,(H,27,30). The summed E-state index contributed by atoms with van der Waals surface area (Å²) in [4.78, 5) is 17.1. The molecule has 0 atom stereocenters. The van der Waals surface area contributed by atoms with Crippen LogP contribution in [0.5, 0.6) is 0 Å². The first kappa shape index (κ1) is 22.6. The van der Waals surface area contributed by atoms with Gasteiger partial charge in [-0.05, 0) is 61.4 Å². The van der Waals surface area contributed by atoms with Gasteiger partial charge in [-0.15, -0.1) is 11.3 Å². The van der Waals surface area contributed by atoms with Crippen molar-refractivity contribution < 1.29 is 17.6 Å². The lowest BCUT2D eigenvalue weighted by Crippen LogP contribution is -2.41. The van der Waals surface area contributed by atoms with Crippen molar-refractivity contribution >= 4 is 43.2 Å². The van der Waals surface area contributed by atoms with Gasteiger partial charge < -0.3 is 5.32 Å². The summed E-state index contributed by atoms with van der Waals surface area (Å²) in [6.45, 7) is 0.344. The minimum absolute atomic E-state index is 0.143. The van der Waals surface area contributed by atoms with E-state index in [0.29, 0.717) is 18.5 Å². The smallest absolute Gasteiger partial charge is 0.245 e. The average molecular weight is 496 g/mol. The summed E-state index contributed by atoms with van der Waals surface area (Å²) in [5.41, 5.74) is 2.62. The topological polar surface area (TPSA) is 79.4 Å². The molecule has 0 saturated carbocycles. The van der Waals surface area contributed by atoms with E-state index in [1.165, 1.54) is 22.5 Å². The number of rotatable bonds is 5. The number of amides is 1. The molecule has 1 N–H and O–H groups in total. The highest BCUT2D eigenvalue weighted by atomic mass is 32.2. The molecule has 1 amide bonds. The number of sulfonamides is 1. The minimum atomic E-state index is -3.92. The molecule has 6 nitrogen and oxygen atoms in total. The van der Waals surface area contributed by atoms with Crippen molar-refractivity contribution in [1.29, 1.82) is 0 Å². The highest BCUT2D eigenvalue weighted by molar-refractivity contribution is 7.89. The van der Waals surface area contributed by atoms with Gasteiger partial charge in [0.15, 0.2) is 0 Å². The molecule has 9 heteroatoms. The number of nitrogens with zero attached hydrogens (tertiary/aromatic N) is 2. The zero-order chi connectivity index (χ0) is 23.7. The van der Waals surface area contributed by atoms with E-state index in [2.05, 4.69) is 10.3 Å². The summed E-state index contributed by atoms with van der Waals surface area (Å²) < 4.78 is 41.9. The lowest BCUT2D eigenvalue weighted by molar-refractivity contribution is -0.120. The van der Waals surface area contributed by atoms with E-state index in [-0.39, 0.29) is 29.8 Å². The van der Waals surface area contributed by atoms with Crippen LogP contribution >= 0.6 is 11.3 Å². The highest BCUT2D eigenvalue weighted by Crippen LogP contribution is 2.31. The van der Waals surface area contributed by atoms with Gasteiger partial charge in [-0.1, -0.05) is 24.3 Å². The van der Waals surface area contributed by atoms with Gasteiger partial charge in [0.25, 0.3) is 0 Å². The number of benzene rings is 3. The molecule has 4 aromatic rings. The molecule has 34 heavy (non-hydrogen) atoms. The number of piperidine rings is 1. The number of nitrogens with one attached hydrogen (secondary N) is 1. The van der Waals surface area contributed by atoms with Gasteiger partial charge in [0, 0.05) is 30.3 Å². The first-order valence-corrected chi connectivity index (χ1v) is 13.2. The van der Waals surface area contributed by atoms with Crippen LogP contribution in [0.4, 0.5) is 10.1 Å². The Labute approximate surface area is 201 Å². The lowest BCUT2D eigenvalue weighted by atomic mass is 9.97. The monoisotopic (exact) mass is 495 g/mol. The van der Waals surface area contributed by atoms with Gasteiger partial charge in [-0.3, -0.25) is 4.79 Å². The predicted octanol–water partition coefficient (Wildman–Crippen LogP) is 5.14. The van der Waals surface area contributed by atoms with Gasteiger partial charge in [0.05, 0.1) is 10.2 Å². The van der Waals surface area contributed by atoms with E-state index < -0.39 is 15.8 Å². The first-order chi connectivity index (χ1) is 16.4. The Morgan fingerprint density at radius 2 is 1.65 bits per heavy atom. The van der Waals surface area contributed by atoms with E-state index in [1.807, 2.05) is 48.5 Å². The number of anilines is 1. The van der Waals surface area contributed by atoms with Crippen LogP contribution in [-0.4, -0.2) is 36.7 Å². The maximum absolute atomic E-state index is 14.0. The molecule has 0 bridgehead atoms. The van der Waals surface area contributed by atoms with Crippen molar-refractivity contribution in [2.75, 3.05) is 18.4 Å². The molecule has 1 aromatic heterocycles. The molecule has 1 aliphatic rings. The number of fused-ring (bicyclic) bond motifs is 1. The van der Waals surface area contributed by atoms with Crippen molar-refractivity contribution in [1.82, 2.24) is 9.29 Å². The summed E-state index contributed by atoms with van der Waals surface area (Å²) in [5.74, 6) is -1.22. The molecule has 1 fully saturated rings. The zero-order valence-electron chi connectivity index (χ0n) is 18.1. The zero-order valence-corrected chi connectivity index (χ0v) is 19.8. The number of hydrogen-bond donors (Lipinski definition) is 1. The number of carbonyl (C=O) groups is 1. The van der Waals surface area contributed by atoms with Crippen LogP contribution in [0.25, 0.3) is 20.8 Å². The average Bonchev–Trinajstić information content (AvgIpc) is 3.29. The number of carbonyl (C=O) groups excluding carboxylic acids is 1. The first-order valence-electron chi connectivity index (χ1n) is 10.9. The maximum atomic E-state index is 14.0. The van der Waals surface area contributed by atoms with Gasteiger partial charge >= 0.3 is 0 Å². The Bertz CT molecular complexity index is 1410. The molecule has 2 heterocycles. The Balaban J connectivity index is 1.20. The largest absolute Gasteiger partial charge is 0.326 e. The summed E-state index contributed by atoms with van der Waals surface area (Å²) >= 11 is 1.62. The normalized spacial score (nSPS) is 15.4. The fourth-order valence-corrected chi connectivity index (χ4v) is 6.59. The van der Waals surface area contributed by atoms with Crippen molar-refractivity contribution in [3.8, 4) is 10.6 Å². The van der Waals surface area contributed by atoms with Crippen LogP contribution in [0.15, 0.2) is 77.7 Å². The van der Waals surface area contributed by atoms with Crippen molar-refractivity contribution in [2.24, 2.45) is 5.92 Å². The summed E-state index contributed by atoms with van der Waals surface area (Å²) in [6.07, 6.45) is 0.757. The third-order valence-corrected chi connectivity index (χ3v) is 8.99. The van der Waals surface area contributed by atoms with Crippen LogP contribution in [0.1, 0.15) is 12.8 Å². The molecule has 1 aliphatic heterocycles. The van der Waals surface area contributed by atoms with Crippen LogP contribution in [0.3, 0.4) is 0 Å². The van der Waals surface area contributed by atoms with Crippen LogP contribution in [0.2, 0.25) is 0 Å². The van der Waals surface area contributed by atoms with E-state index in [9.17, 15) is 17.6 Å². The molecular weight excluding hydrogens is 473 g/mol. The molecular formula is C25H22FN3O3S2. The third kappa shape index (κ3) is 4.46. The van der Waals surface area contributed by atoms with Crippen LogP contribution in [0, 0.1) is 11.7 Å². The Morgan fingerprint density at radius 1 is 0.971 bits per heavy atom. The van der Waals surface area contributed by atoms with E-state index in [1.54, 1.807) is 11.3 Å². The van der Waals surface area contributed by atoms with Gasteiger partial charge in [0.1, 0.15) is 15.7 Å². The summed E-state index contributed by atoms with van der Waals surface area (Å²) in [7, 11) is -3.92. The Morgan fingerprint density at radius 3 is 2.35 bits per heavy atom. The van der Waals surface area contributed by atoms with Crippen molar-refractivity contribution in [3.05, 3.63) is 78.6 Å². The second-order valence-electron chi connectivity index (χ2n) is 8.16. The van der Waals surface area contributed by atoms with Gasteiger partial charge in [0.2, 0.25) is 15.9 Å². The molecule has 174 valence electrons. The van der Waals surface area contributed by atoms with Crippen LogP contribution < -0.4 is 5.32 Å². The van der Waals surface area contributed by atoms with E-state index >= 15 is 0 Å². The Kier molecular flexibility index (Phi) is 6.16. The number of thiazole rings is 1. The number of aromatic nitrogens is 1. The number of halogens is 1. The van der Waals surface area contributed by atoms with E-state index in [0.717, 1.165) is 26.9 Å². The molecule has 5 rings (SSSR count). The van der Waals surface area contributed by atoms with Crippen LogP contribution in [-0.2, 0) is 14.8 Å². The highest BCUT2D eigenvalue weighted by Gasteiger charge is 2.33. The quantitative estimate of drug-likeness (QED) is 0.416. The maximum Gasteiger partial charge on any atom is 0.245 e. The predicted molar refractivity (Wildman–Crippen MR) is 132 cm³/mol. The number of para-hydroxylation sites is 1. The Hall–Kier alpha value is -3.14. The molecule has 1 saturated heterocycles. The van der Waals surface area contributed by atoms with Gasteiger partial charge in [-0.2, -0.15) is 4.31 Å². The molecule has 0 spiro atoms. The molecule has 0 aliphatic carbocycles. The minimum Gasteiger partial charge on any atom is -0.326 e. The van der Waals surface area contributed by atoms with E-state index in [4.69, 9.17) is 0 Å². The third-order valence-electron chi connectivity index (χ3n) is 5.97. The second kappa shape index (κ2) is 9.25.